The molecule has 84 valence electrons. The van der Waals surface area contributed by atoms with E-state index in [1.165, 1.54) is 0 Å². The summed E-state index contributed by atoms with van der Waals surface area (Å²) in [6.07, 6.45) is 3.70. The number of nitrogens with zero attached hydrogens (tertiary/aromatic N) is 1. The van der Waals surface area contributed by atoms with Gasteiger partial charge in [0.1, 0.15) is 5.82 Å². The van der Waals surface area contributed by atoms with Crippen molar-refractivity contribution in [3.8, 4) is 0 Å². The zero-order valence-electron chi connectivity index (χ0n) is 8.93. The van der Waals surface area contributed by atoms with E-state index in [2.05, 4.69) is 9.97 Å². The minimum atomic E-state index is 0. The van der Waals surface area contributed by atoms with E-state index in [1.807, 2.05) is 31.2 Å². The van der Waals surface area contributed by atoms with Gasteiger partial charge in [-0.15, -0.1) is 12.4 Å². The summed E-state index contributed by atoms with van der Waals surface area (Å²) >= 11 is 0. The highest BCUT2D eigenvalue weighted by molar-refractivity contribution is 5.97. The number of rotatable bonds is 3. The fraction of sp³-hybridized carbons (Fsp3) is 0.167. The van der Waals surface area contributed by atoms with E-state index in [-0.39, 0.29) is 18.2 Å². The first-order valence-electron chi connectivity index (χ1n) is 4.84. The van der Waals surface area contributed by atoms with Crippen LogP contribution in [0.4, 0.5) is 0 Å². The summed E-state index contributed by atoms with van der Waals surface area (Å²) in [6.45, 7) is 2.00. The highest BCUT2D eigenvalue weighted by Gasteiger charge is 2.07. The predicted octanol–water partition coefficient (Wildman–Crippen LogP) is 2.57. The van der Waals surface area contributed by atoms with Crippen LogP contribution in [0.25, 0.3) is 0 Å². The lowest BCUT2D eigenvalue weighted by Gasteiger charge is -1.99. The average Bonchev–Trinajstić information content (AvgIpc) is 2.71. The molecule has 0 saturated heterocycles. The van der Waals surface area contributed by atoms with Crippen LogP contribution in [0.5, 0.6) is 0 Å². The van der Waals surface area contributed by atoms with Crippen molar-refractivity contribution < 1.29 is 4.79 Å². The fourth-order valence-electron chi connectivity index (χ4n) is 1.39. The Morgan fingerprint density at radius 2 is 2.00 bits per heavy atom. The van der Waals surface area contributed by atoms with Crippen LogP contribution >= 0.6 is 12.4 Å². The summed E-state index contributed by atoms with van der Waals surface area (Å²) in [7, 11) is 0. The van der Waals surface area contributed by atoms with E-state index in [9.17, 15) is 4.79 Å². The van der Waals surface area contributed by atoms with Crippen LogP contribution in [-0.2, 0) is 6.42 Å². The first-order valence-corrected chi connectivity index (χ1v) is 4.84. The summed E-state index contributed by atoms with van der Waals surface area (Å²) in [5.41, 5.74) is 1.89. The minimum absolute atomic E-state index is 0. The third-order valence-electron chi connectivity index (χ3n) is 2.26. The van der Waals surface area contributed by atoms with Crippen LogP contribution in [0.3, 0.4) is 0 Å². The fourth-order valence-corrected chi connectivity index (χ4v) is 1.39. The molecule has 0 atom stereocenters. The molecule has 0 saturated carbocycles. The molecule has 0 radical (unpaired) electrons. The number of H-pyrrole nitrogens is 1. The van der Waals surface area contributed by atoms with Crippen molar-refractivity contribution in [1.29, 1.82) is 0 Å². The van der Waals surface area contributed by atoms with Crippen molar-refractivity contribution in [2.24, 2.45) is 0 Å². The third kappa shape index (κ3) is 2.94. The number of imidazole rings is 1. The molecule has 0 bridgehead atoms. The maximum atomic E-state index is 11.8. The van der Waals surface area contributed by atoms with Gasteiger partial charge in [0.2, 0.25) is 0 Å². The first kappa shape index (κ1) is 12.5. The number of aromatic amines is 1. The Morgan fingerprint density at radius 3 is 2.56 bits per heavy atom. The number of ketones is 1. The van der Waals surface area contributed by atoms with Gasteiger partial charge in [-0.05, 0) is 6.92 Å². The second-order valence-corrected chi connectivity index (χ2v) is 3.50. The summed E-state index contributed by atoms with van der Waals surface area (Å²) < 4.78 is 0. The van der Waals surface area contributed by atoms with E-state index in [0.29, 0.717) is 12.2 Å². The number of hydrogen-bond acceptors (Lipinski definition) is 2. The number of nitrogens with one attached hydrogen (secondary N) is 1. The molecule has 4 heteroatoms. The molecule has 0 amide bonds. The van der Waals surface area contributed by atoms with Gasteiger partial charge in [0.05, 0.1) is 6.42 Å². The average molecular weight is 237 g/mol. The second kappa shape index (κ2) is 5.47. The maximum Gasteiger partial charge on any atom is 0.170 e. The molecule has 0 aliphatic heterocycles. The number of aryl methyl sites for hydroxylation is 1. The van der Waals surface area contributed by atoms with Gasteiger partial charge in [0.15, 0.2) is 5.78 Å². The van der Waals surface area contributed by atoms with Crippen LogP contribution in [-0.4, -0.2) is 15.8 Å². The van der Waals surface area contributed by atoms with Crippen LogP contribution < -0.4 is 0 Å². The smallest absolute Gasteiger partial charge is 0.170 e. The van der Waals surface area contributed by atoms with Crippen LogP contribution in [0.2, 0.25) is 0 Å². The lowest BCUT2D eigenvalue weighted by Crippen LogP contribution is -2.04. The van der Waals surface area contributed by atoms with Crippen LogP contribution in [0.15, 0.2) is 36.7 Å². The minimum Gasteiger partial charge on any atom is -0.348 e. The molecule has 1 aromatic heterocycles. The van der Waals surface area contributed by atoms with Gasteiger partial charge in [-0.1, -0.05) is 29.8 Å². The quantitative estimate of drug-likeness (QED) is 0.833. The molecule has 1 aromatic carbocycles. The molecule has 1 heterocycles. The monoisotopic (exact) mass is 236 g/mol. The Balaban J connectivity index is 0.00000128. The van der Waals surface area contributed by atoms with Gasteiger partial charge in [-0.25, -0.2) is 4.98 Å². The number of halogens is 1. The van der Waals surface area contributed by atoms with Crippen LogP contribution in [0.1, 0.15) is 21.7 Å². The molecule has 2 rings (SSSR count). The third-order valence-corrected chi connectivity index (χ3v) is 2.26. The van der Waals surface area contributed by atoms with Gasteiger partial charge in [0.25, 0.3) is 0 Å². The summed E-state index contributed by atoms with van der Waals surface area (Å²) in [5.74, 6) is 0.797. The van der Waals surface area contributed by atoms with E-state index >= 15 is 0 Å². The number of Topliss-reactive ketones (excluding diaryl/α,β-unsaturated/α-hetero) is 1. The summed E-state index contributed by atoms with van der Waals surface area (Å²) in [5, 5.41) is 0. The SMILES string of the molecule is Cc1ccc(C(=O)Cc2ncc[nH]2)cc1.Cl. The van der Waals surface area contributed by atoms with Crippen molar-refractivity contribution in [2.45, 2.75) is 13.3 Å². The van der Waals surface area contributed by atoms with Gasteiger partial charge in [0, 0.05) is 18.0 Å². The summed E-state index contributed by atoms with van der Waals surface area (Å²) in [4.78, 5) is 18.7. The van der Waals surface area contributed by atoms with E-state index in [4.69, 9.17) is 0 Å². The Morgan fingerprint density at radius 1 is 1.31 bits per heavy atom. The maximum absolute atomic E-state index is 11.8. The van der Waals surface area contributed by atoms with Gasteiger partial charge in [-0.3, -0.25) is 4.79 Å². The first-order chi connectivity index (χ1) is 7.25. The van der Waals surface area contributed by atoms with Gasteiger partial charge in [-0.2, -0.15) is 0 Å². The standard InChI is InChI=1S/C12H12N2O.ClH/c1-9-2-4-10(5-3-9)11(15)8-12-13-6-7-14-12;/h2-7H,8H2,1H3,(H,13,14);1H. The van der Waals surface area contributed by atoms with Crippen molar-refractivity contribution in [2.75, 3.05) is 0 Å². The van der Waals surface area contributed by atoms with E-state index in [0.717, 1.165) is 11.1 Å². The van der Waals surface area contributed by atoms with Crippen molar-refractivity contribution >= 4 is 18.2 Å². The van der Waals surface area contributed by atoms with Crippen molar-refractivity contribution in [1.82, 2.24) is 9.97 Å². The number of aromatic nitrogens is 2. The Kier molecular flexibility index (Phi) is 4.26. The molecule has 0 fully saturated rings. The molecule has 3 nitrogen and oxygen atoms in total. The number of hydrogen-bond donors (Lipinski definition) is 1. The van der Waals surface area contributed by atoms with Crippen LogP contribution in [0, 0.1) is 6.92 Å². The normalized spacial score (nSPS) is 9.56. The zero-order valence-corrected chi connectivity index (χ0v) is 9.75. The molecular formula is C12H13ClN2O. The Hall–Kier alpha value is -1.61. The van der Waals surface area contributed by atoms with Crippen molar-refractivity contribution in [3.05, 3.63) is 53.6 Å². The highest BCUT2D eigenvalue weighted by atomic mass is 35.5. The molecule has 0 aliphatic rings. The number of carbonyl (C=O) groups excluding carboxylic acids is 1. The Labute approximate surface area is 100 Å². The van der Waals surface area contributed by atoms with Gasteiger partial charge >= 0.3 is 0 Å². The molecular weight excluding hydrogens is 224 g/mol. The molecule has 0 unspecified atom stereocenters. The second-order valence-electron chi connectivity index (χ2n) is 3.50. The molecule has 16 heavy (non-hydrogen) atoms. The molecule has 0 aliphatic carbocycles. The van der Waals surface area contributed by atoms with Gasteiger partial charge < -0.3 is 4.98 Å². The Bertz CT molecular complexity index is 448. The summed E-state index contributed by atoms with van der Waals surface area (Å²) in [6, 6.07) is 7.58. The number of benzene rings is 1. The molecule has 0 spiro atoms. The largest absolute Gasteiger partial charge is 0.348 e. The topological polar surface area (TPSA) is 45.8 Å². The highest BCUT2D eigenvalue weighted by Crippen LogP contribution is 2.06. The lowest BCUT2D eigenvalue weighted by molar-refractivity contribution is 0.0991. The van der Waals surface area contributed by atoms with E-state index < -0.39 is 0 Å². The van der Waals surface area contributed by atoms with Crippen molar-refractivity contribution in [3.63, 3.8) is 0 Å². The molecule has 2 aromatic rings. The lowest BCUT2D eigenvalue weighted by atomic mass is 10.1. The predicted molar refractivity (Wildman–Crippen MR) is 65.0 cm³/mol. The number of carbonyl (C=O) groups is 1. The molecule has 1 N–H and O–H groups in total. The van der Waals surface area contributed by atoms with E-state index in [1.54, 1.807) is 12.4 Å². The zero-order chi connectivity index (χ0) is 10.7.